The summed E-state index contributed by atoms with van der Waals surface area (Å²) >= 11 is 0. The largest absolute Gasteiger partial charge is 0.465 e. The molecule has 0 aromatic rings. The number of nitrogens with two attached hydrogens (primary N) is 1. The van der Waals surface area contributed by atoms with Gasteiger partial charge in [-0.3, -0.25) is 0 Å². The summed E-state index contributed by atoms with van der Waals surface area (Å²) in [7, 11) is 0. The molecule has 0 spiro atoms. The van der Waals surface area contributed by atoms with Crippen LogP contribution in [0.4, 0.5) is 13.6 Å². The third kappa shape index (κ3) is 2.12. The van der Waals surface area contributed by atoms with E-state index in [9.17, 15) is 13.6 Å². The fraction of sp³-hybridized carbons (Fsp3) is 0.875. The highest BCUT2D eigenvalue weighted by atomic mass is 19.1. The summed E-state index contributed by atoms with van der Waals surface area (Å²) in [6.45, 7) is -0.747. The maximum absolute atomic E-state index is 13.8. The van der Waals surface area contributed by atoms with Crippen LogP contribution in [0.5, 0.6) is 0 Å². The number of hydrogen-bond donors (Lipinski definition) is 2. The first-order valence-electron chi connectivity index (χ1n) is 4.48. The van der Waals surface area contributed by atoms with Gasteiger partial charge in [-0.05, 0) is 0 Å². The van der Waals surface area contributed by atoms with Gasteiger partial charge in [-0.25, -0.2) is 13.6 Å². The third-order valence-electron chi connectivity index (χ3n) is 2.70. The van der Waals surface area contributed by atoms with Crippen molar-refractivity contribution in [3.05, 3.63) is 0 Å². The van der Waals surface area contributed by atoms with Gasteiger partial charge in [-0.1, -0.05) is 0 Å². The van der Waals surface area contributed by atoms with Gasteiger partial charge in [0.2, 0.25) is 0 Å². The van der Waals surface area contributed by atoms with Crippen molar-refractivity contribution < 1.29 is 18.7 Å². The molecule has 1 atom stereocenters. The van der Waals surface area contributed by atoms with E-state index in [0.717, 1.165) is 4.90 Å². The van der Waals surface area contributed by atoms with Crippen LogP contribution in [0.2, 0.25) is 0 Å². The summed E-state index contributed by atoms with van der Waals surface area (Å²) in [5, 5.41) is 8.60. The van der Waals surface area contributed by atoms with Gasteiger partial charge in [-0.15, -0.1) is 0 Å². The minimum atomic E-state index is -1.75. The molecule has 0 aromatic carbocycles. The second-order valence-corrected chi connectivity index (χ2v) is 3.57. The van der Waals surface area contributed by atoms with Crippen molar-refractivity contribution in [3.8, 4) is 0 Å². The normalized spacial score (nSPS) is 23.2. The minimum absolute atomic E-state index is 0.0234. The molecule has 1 fully saturated rings. The second-order valence-electron chi connectivity index (χ2n) is 3.57. The Morgan fingerprint density at radius 3 is 2.43 bits per heavy atom. The minimum Gasteiger partial charge on any atom is -0.465 e. The van der Waals surface area contributed by atoms with E-state index in [0.29, 0.717) is 0 Å². The number of likely N-dealkylation sites (tertiary alicyclic amines) is 1. The number of alkyl halides is 2. The Labute approximate surface area is 80.7 Å². The zero-order valence-corrected chi connectivity index (χ0v) is 7.75. The average molecular weight is 208 g/mol. The van der Waals surface area contributed by atoms with E-state index in [4.69, 9.17) is 10.8 Å². The van der Waals surface area contributed by atoms with Gasteiger partial charge in [0, 0.05) is 25.9 Å². The molecule has 1 aliphatic rings. The number of halogens is 2. The number of rotatable bonds is 2. The third-order valence-corrected chi connectivity index (χ3v) is 2.70. The van der Waals surface area contributed by atoms with Crippen LogP contribution in [0, 0.1) is 0 Å². The summed E-state index contributed by atoms with van der Waals surface area (Å²) in [5.74, 6) is 0. The monoisotopic (exact) mass is 208 g/mol. The van der Waals surface area contributed by atoms with E-state index in [1.54, 1.807) is 0 Å². The van der Waals surface area contributed by atoms with E-state index in [-0.39, 0.29) is 25.9 Å². The standard InChI is InChI=1S/C8H14F2N2O2/c9-5-6(11)8(10)1-3-12(4-2-8)7(13)14/h6H,1-5,11H2,(H,13,14). The molecular weight excluding hydrogens is 194 g/mol. The molecule has 3 N–H and O–H groups in total. The fourth-order valence-corrected chi connectivity index (χ4v) is 1.58. The fourth-order valence-electron chi connectivity index (χ4n) is 1.58. The van der Waals surface area contributed by atoms with Gasteiger partial charge in [0.15, 0.2) is 0 Å². The van der Waals surface area contributed by atoms with Crippen LogP contribution in [-0.2, 0) is 0 Å². The lowest BCUT2D eigenvalue weighted by molar-refractivity contribution is 0.0314. The highest BCUT2D eigenvalue weighted by molar-refractivity contribution is 5.65. The molecule has 1 rings (SSSR count). The molecule has 14 heavy (non-hydrogen) atoms. The van der Waals surface area contributed by atoms with Gasteiger partial charge >= 0.3 is 6.09 Å². The maximum atomic E-state index is 13.8. The Bertz CT molecular complexity index is 217. The van der Waals surface area contributed by atoms with E-state index in [2.05, 4.69) is 0 Å². The first-order chi connectivity index (χ1) is 6.49. The molecule has 82 valence electrons. The summed E-state index contributed by atoms with van der Waals surface area (Å²) in [6, 6.07) is -1.14. The van der Waals surface area contributed by atoms with Crippen molar-refractivity contribution in [3.63, 3.8) is 0 Å². The van der Waals surface area contributed by atoms with Crippen LogP contribution in [0.25, 0.3) is 0 Å². The number of carboxylic acid groups (broad SMARTS) is 1. The lowest BCUT2D eigenvalue weighted by atomic mass is 9.87. The Morgan fingerprint density at radius 2 is 2.07 bits per heavy atom. The summed E-state index contributed by atoms with van der Waals surface area (Å²) in [4.78, 5) is 11.6. The van der Waals surface area contributed by atoms with E-state index in [1.807, 2.05) is 0 Å². The van der Waals surface area contributed by atoms with Crippen LogP contribution in [-0.4, -0.2) is 47.6 Å². The van der Waals surface area contributed by atoms with Crippen molar-refractivity contribution in [2.24, 2.45) is 5.73 Å². The van der Waals surface area contributed by atoms with Crippen LogP contribution < -0.4 is 5.73 Å². The van der Waals surface area contributed by atoms with Crippen LogP contribution >= 0.6 is 0 Å². The van der Waals surface area contributed by atoms with Crippen molar-refractivity contribution in [2.45, 2.75) is 24.6 Å². The summed E-state index contributed by atoms with van der Waals surface area (Å²) in [5.41, 5.74) is 3.54. The summed E-state index contributed by atoms with van der Waals surface area (Å²) < 4.78 is 26.0. The number of amides is 1. The number of nitrogens with zero attached hydrogens (tertiary/aromatic N) is 1. The number of piperidine rings is 1. The van der Waals surface area contributed by atoms with Crippen LogP contribution in [0.1, 0.15) is 12.8 Å². The summed E-state index contributed by atoms with van der Waals surface area (Å²) in [6.07, 6.45) is -1.12. The molecule has 6 heteroatoms. The van der Waals surface area contributed by atoms with Crippen molar-refractivity contribution >= 4 is 6.09 Å². The lowest BCUT2D eigenvalue weighted by Crippen LogP contribution is -2.53. The second kappa shape index (κ2) is 4.08. The molecule has 4 nitrogen and oxygen atoms in total. The van der Waals surface area contributed by atoms with E-state index >= 15 is 0 Å². The first-order valence-corrected chi connectivity index (χ1v) is 4.48. The van der Waals surface area contributed by atoms with Crippen LogP contribution in [0.3, 0.4) is 0 Å². The van der Waals surface area contributed by atoms with Gasteiger partial charge in [0.1, 0.15) is 12.3 Å². The molecule has 1 unspecified atom stereocenters. The molecule has 1 heterocycles. The SMILES string of the molecule is NC(CF)C1(F)CCN(C(=O)O)CC1. The average Bonchev–Trinajstić information content (AvgIpc) is 2.17. The van der Waals surface area contributed by atoms with Crippen LogP contribution in [0.15, 0.2) is 0 Å². The highest BCUT2D eigenvalue weighted by Gasteiger charge is 2.41. The molecule has 0 aromatic heterocycles. The van der Waals surface area contributed by atoms with Gasteiger partial charge in [0.25, 0.3) is 0 Å². The zero-order chi connectivity index (χ0) is 10.8. The van der Waals surface area contributed by atoms with Gasteiger partial charge < -0.3 is 15.7 Å². The number of carbonyl (C=O) groups is 1. The Balaban J connectivity index is 2.52. The quantitative estimate of drug-likeness (QED) is 0.704. The molecular formula is C8H14F2N2O2. The Morgan fingerprint density at radius 1 is 1.57 bits per heavy atom. The zero-order valence-electron chi connectivity index (χ0n) is 7.75. The molecule has 0 bridgehead atoms. The van der Waals surface area contributed by atoms with Crippen molar-refractivity contribution in [1.29, 1.82) is 0 Å². The predicted molar refractivity (Wildman–Crippen MR) is 46.6 cm³/mol. The molecule has 0 radical (unpaired) electrons. The van der Waals surface area contributed by atoms with E-state index in [1.165, 1.54) is 0 Å². The Hall–Kier alpha value is -0.910. The topological polar surface area (TPSA) is 66.6 Å². The van der Waals surface area contributed by atoms with Crippen molar-refractivity contribution in [1.82, 2.24) is 4.90 Å². The molecule has 1 saturated heterocycles. The Kier molecular flexibility index (Phi) is 3.25. The van der Waals surface area contributed by atoms with Crippen molar-refractivity contribution in [2.75, 3.05) is 19.8 Å². The van der Waals surface area contributed by atoms with Gasteiger partial charge in [-0.2, -0.15) is 0 Å². The van der Waals surface area contributed by atoms with E-state index < -0.39 is 24.5 Å². The molecule has 0 saturated carbocycles. The molecule has 1 amide bonds. The number of hydrogen-bond acceptors (Lipinski definition) is 2. The van der Waals surface area contributed by atoms with Gasteiger partial charge in [0.05, 0.1) is 6.04 Å². The smallest absolute Gasteiger partial charge is 0.407 e. The first kappa shape index (κ1) is 11.2. The highest BCUT2D eigenvalue weighted by Crippen LogP contribution is 2.29. The predicted octanol–water partition coefficient (Wildman–Crippen LogP) is 0.765. The lowest BCUT2D eigenvalue weighted by Gasteiger charge is -2.37. The maximum Gasteiger partial charge on any atom is 0.407 e. The molecule has 0 aliphatic carbocycles. The molecule has 1 aliphatic heterocycles.